The number of H-pyrrole nitrogens is 2. The first-order valence-electron chi connectivity index (χ1n) is 7.29. The molecular weight excluding hydrogens is 278 g/mol. The van der Waals surface area contributed by atoms with Crippen molar-refractivity contribution >= 4 is 16.9 Å². The van der Waals surface area contributed by atoms with E-state index in [0.29, 0.717) is 12.1 Å². The Morgan fingerprint density at radius 2 is 2.05 bits per heavy atom. The van der Waals surface area contributed by atoms with Gasteiger partial charge in [0.2, 0.25) is 0 Å². The number of rotatable bonds is 1. The highest BCUT2D eigenvalue weighted by Gasteiger charge is 2.32. The smallest absolute Gasteiger partial charge is 0.251 e. The van der Waals surface area contributed by atoms with Gasteiger partial charge in [0.05, 0.1) is 16.7 Å². The highest BCUT2D eigenvalue weighted by Crippen LogP contribution is 2.33. The minimum atomic E-state index is -0.0900. The van der Waals surface area contributed by atoms with Gasteiger partial charge in [-0.2, -0.15) is 5.10 Å². The third kappa shape index (κ3) is 1.83. The molecule has 0 atom stereocenters. The molecule has 6 heteroatoms. The molecule has 22 heavy (non-hydrogen) atoms. The highest BCUT2D eigenvalue weighted by molar-refractivity contribution is 6.01. The van der Waals surface area contributed by atoms with Crippen LogP contribution in [0.1, 0.15) is 35.5 Å². The number of aromatic nitrogens is 4. The number of amides is 1. The topological polar surface area (TPSA) is 86.5 Å². The van der Waals surface area contributed by atoms with Crippen LogP contribution in [0.5, 0.6) is 0 Å². The van der Waals surface area contributed by atoms with Crippen molar-refractivity contribution in [2.24, 2.45) is 0 Å². The summed E-state index contributed by atoms with van der Waals surface area (Å²) in [6.45, 7) is 6.83. The lowest BCUT2D eigenvalue weighted by molar-refractivity contribution is 0.0930. The Hall–Kier alpha value is -2.63. The van der Waals surface area contributed by atoms with Crippen LogP contribution in [0.25, 0.3) is 22.6 Å². The molecule has 112 valence electrons. The van der Waals surface area contributed by atoms with Crippen LogP contribution >= 0.6 is 0 Å². The van der Waals surface area contributed by atoms with E-state index in [4.69, 9.17) is 0 Å². The fourth-order valence-corrected chi connectivity index (χ4v) is 2.97. The third-order valence-corrected chi connectivity index (χ3v) is 4.25. The Balaban J connectivity index is 1.93. The standard InChI is InChI=1S/C16H17N5O/c1-8-4-13(21-20-8)14-18-11-5-9-10(6-12(11)19-14)16(2,3)7-17-15(9)22/h4-6H,7H2,1-3H3,(H,17,22)(H,18,19)(H,20,21). The monoisotopic (exact) mass is 295 g/mol. The molecule has 1 aliphatic rings. The van der Waals surface area contributed by atoms with E-state index in [1.807, 2.05) is 25.1 Å². The number of carbonyl (C=O) groups excluding carboxylic acids is 1. The summed E-state index contributed by atoms with van der Waals surface area (Å²) in [5.74, 6) is 0.703. The summed E-state index contributed by atoms with van der Waals surface area (Å²) >= 11 is 0. The maximum absolute atomic E-state index is 12.1. The average Bonchev–Trinajstić information content (AvgIpc) is 3.07. The van der Waals surface area contributed by atoms with E-state index in [9.17, 15) is 4.79 Å². The van der Waals surface area contributed by atoms with Gasteiger partial charge in [0.1, 0.15) is 5.69 Å². The molecular formula is C16H17N5O. The summed E-state index contributed by atoms with van der Waals surface area (Å²) in [6.07, 6.45) is 0. The molecule has 1 amide bonds. The lowest BCUT2D eigenvalue weighted by Gasteiger charge is -2.32. The molecule has 2 aromatic heterocycles. The van der Waals surface area contributed by atoms with Crippen LogP contribution in [0, 0.1) is 6.92 Å². The Morgan fingerprint density at radius 1 is 1.23 bits per heavy atom. The van der Waals surface area contributed by atoms with Crippen molar-refractivity contribution in [3.63, 3.8) is 0 Å². The molecule has 0 spiro atoms. The van der Waals surface area contributed by atoms with Gasteiger partial charge < -0.3 is 10.3 Å². The van der Waals surface area contributed by atoms with E-state index >= 15 is 0 Å². The SMILES string of the molecule is Cc1cc(-c2nc3cc4c(cc3[nH]2)C(C)(C)CNC4=O)[nH]n1. The van der Waals surface area contributed by atoms with Gasteiger partial charge >= 0.3 is 0 Å². The number of aromatic amines is 2. The highest BCUT2D eigenvalue weighted by atomic mass is 16.1. The first-order chi connectivity index (χ1) is 10.4. The van der Waals surface area contributed by atoms with Gasteiger partial charge in [0, 0.05) is 17.5 Å². The number of hydrogen-bond acceptors (Lipinski definition) is 3. The normalized spacial score (nSPS) is 16.6. The first kappa shape index (κ1) is 13.1. The fourth-order valence-electron chi connectivity index (χ4n) is 2.97. The van der Waals surface area contributed by atoms with Gasteiger partial charge in [-0.15, -0.1) is 0 Å². The van der Waals surface area contributed by atoms with Gasteiger partial charge in [-0.3, -0.25) is 9.89 Å². The summed E-state index contributed by atoms with van der Waals surface area (Å²) in [4.78, 5) is 20.0. The molecule has 1 aromatic carbocycles. The molecule has 3 N–H and O–H groups in total. The van der Waals surface area contributed by atoms with E-state index in [1.54, 1.807) is 0 Å². The number of benzene rings is 1. The fraction of sp³-hybridized carbons (Fsp3) is 0.312. The third-order valence-electron chi connectivity index (χ3n) is 4.25. The van der Waals surface area contributed by atoms with Crippen molar-refractivity contribution in [1.29, 1.82) is 0 Å². The molecule has 3 heterocycles. The Labute approximate surface area is 127 Å². The van der Waals surface area contributed by atoms with Crippen molar-refractivity contribution in [1.82, 2.24) is 25.5 Å². The lowest BCUT2D eigenvalue weighted by atomic mass is 9.79. The molecule has 1 aliphatic heterocycles. The van der Waals surface area contributed by atoms with Crippen molar-refractivity contribution in [3.8, 4) is 11.5 Å². The number of fused-ring (bicyclic) bond motifs is 2. The van der Waals surface area contributed by atoms with E-state index in [1.165, 1.54) is 0 Å². The molecule has 4 rings (SSSR count). The van der Waals surface area contributed by atoms with Crippen LogP contribution < -0.4 is 5.32 Å². The van der Waals surface area contributed by atoms with Crippen molar-refractivity contribution in [2.45, 2.75) is 26.2 Å². The zero-order chi connectivity index (χ0) is 15.5. The van der Waals surface area contributed by atoms with Crippen LogP contribution in [-0.4, -0.2) is 32.6 Å². The molecule has 0 radical (unpaired) electrons. The molecule has 0 unspecified atom stereocenters. The number of nitrogens with zero attached hydrogens (tertiary/aromatic N) is 2. The Morgan fingerprint density at radius 3 is 2.77 bits per heavy atom. The molecule has 0 aliphatic carbocycles. The summed E-state index contributed by atoms with van der Waals surface area (Å²) < 4.78 is 0. The number of carbonyl (C=O) groups is 1. The molecule has 0 fully saturated rings. The first-order valence-corrected chi connectivity index (χ1v) is 7.29. The summed E-state index contributed by atoms with van der Waals surface area (Å²) in [7, 11) is 0. The average molecular weight is 295 g/mol. The van der Waals surface area contributed by atoms with E-state index < -0.39 is 0 Å². The maximum Gasteiger partial charge on any atom is 0.251 e. The zero-order valence-corrected chi connectivity index (χ0v) is 12.7. The van der Waals surface area contributed by atoms with Gasteiger partial charge in [0.25, 0.3) is 5.91 Å². The number of imidazole rings is 1. The van der Waals surface area contributed by atoms with Crippen LogP contribution in [0.2, 0.25) is 0 Å². The second kappa shape index (κ2) is 4.19. The predicted molar refractivity (Wildman–Crippen MR) is 83.8 cm³/mol. The van der Waals surface area contributed by atoms with Crippen LogP contribution in [0.3, 0.4) is 0 Å². The van der Waals surface area contributed by atoms with Crippen LogP contribution in [0.4, 0.5) is 0 Å². The van der Waals surface area contributed by atoms with Gasteiger partial charge in [-0.25, -0.2) is 4.98 Å². The van der Waals surface area contributed by atoms with E-state index in [-0.39, 0.29) is 11.3 Å². The Kier molecular flexibility index (Phi) is 2.49. The van der Waals surface area contributed by atoms with Crippen LogP contribution in [0.15, 0.2) is 18.2 Å². The minimum absolute atomic E-state index is 0.0295. The Bertz CT molecular complexity index is 903. The van der Waals surface area contributed by atoms with Gasteiger partial charge in [-0.1, -0.05) is 13.8 Å². The number of hydrogen-bond donors (Lipinski definition) is 3. The molecule has 3 aromatic rings. The van der Waals surface area contributed by atoms with Crippen molar-refractivity contribution in [3.05, 3.63) is 35.0 Å². The van der Waals surface area contributed by atoms with E-state index in [0.717, 1.165) is 33.8 Å². The minimum Gasteiger partial charge on any atom is -0.351 e. The second-order valence-electron chi connectivity index (χ2n) is 6.49. The second-order valence-corrected chi connectivity index (χ2v) is 6.49. The quantitative estimate of drug-likeness (QED) is 0.643. The van der Waals surface area contributed by atoms with Gasteiger partial charge in [0.15, 0.2) is 5.82 Å². The van der Waals surface area contributed by atoms with E-state index in [2.05, 4.69) is 39.3 Å². The van der Waals surface area contributed by atoms with Crippen LogP contribution in [-0.2, 0) is 5.41 Å². The predicted octanol–water partition coefficient (Wildman–Crippen LogP) is 2.28. The van der Waals surface area contributed by atoms with Gasteiger partial charge in [-0.05, 0) is 30.7 Å². The summed E-state index contributed by atoms with van der Waals surface area (Å²) in [5.41, 5.74) is 5.15. The molecule has 6 nitrogen and oxygen atoms in total. The maximum atomic E-state index is 12.1. The van der Waals surface area contributed by atoms with Crippen molar-refractivity contribution < 1.29 is 4.79 Å². The lowest BCUT2D eigenvalue weighted by Crippen LogP contribution is -2.43. The number of aryl methyl sites for hydroxylation is 1. The summed E-state index contributed by atoms with van der Waals surface area (Å²) in [5, 5.41) is 10.0. The zero-order valence-electron chi connectivity index (χ0n) is 12.7. The molecule has 0 saturated heterocycles. The number of nitrogens with one attached hydrogen (secondary N) is 3. The summed E-state index contributed by atoms with van der Waals surface area (Å²) in [6, 6.07) is 5.85. The van der Waals surface area contributed by atoms with Crippen molar-refractivity contribution in [2.75, 3.05) is 6.54 Å². The molecule has 0 saturated carbocycles. The largest absolute Gasteiger partial charge is 0.351 e. The molecule has 0 bridgehead atoms.